The third-order valence-corrected chi connectivity index (χ3v) is 4.01. The van der Waals surface area contributed by atoms with Gasteiger partial charge in [-0.25, -0.2) is 14.7 Å². The summed E-state index contributed by atoms with van der Waals surface area (Å²) in [5.41, 5.74) is 7.28. The van der Waals surface area contributed by atoms with E-state index < -0.39 is 6.03 Å². The van der Waals surface area contributed by atoms with Gasteiger partial charge in [-0.3, -0.25) is 0 Å². The van der Waals surface area contributed by atoms with Crippen molar-refractivity contribution in [2.24, 2.45) is 5.73 Å². The Morgan fingerprint density at radius 3 is 2.24 bits per heavy atom. The Hall–Kier alpha value is -2.66. The molecule has 0 bridgehead atoms. The molecule has 0 saturated carbocycles. The first kappa shape index (κ1) is 13.3. The molecule has 3 rings (SSSR count). The van der Waals surface area contributed by atoms with E-state index in [1.807, 2.05) is 60.7 Å². The standard InChI is InChI=1S/C16H13N3OS/c17-15(20)19(13-9-5-2-6-10-13)16-18-11-14(21-16)12-7-3-1-4-8-12/h1-11H,(H2,17,20). The molecule has 5 heteroatoms. The molecule has 2 N–H and O–H groups in total. The van der Waals surface area contributed by atoms with Crippen LogP contribution in [-0.4, -0.2) is 11.0 Å². The zero-order chi connectivity index (χ0) is 14.7. The van der Waals surface area contributed by atoms with Gasteiger partial charge in [0.05, 0.1) is 10.6 Å². The summed E-state index contributed by atoms with van der Waals surface area (Å²) in [4.78, 5) is 18.5. The molecule has 3 aromatic rings. The smallest absolute Gasteiger partial charge is 0.325 e. The molecule has 0 spiro atoms. The monoisotopic (exact) mass is 295 g/mol. The number of anilines is 2. The van der Waals surface area contributed by atoms with Crippen LogP contribution in [-0.2, 0) is 0 Å². The molecule has 0 unspecified atom stereocenters. The number of benzene rings is 2. The van der Waals surface area contributed by atoms with Crippen LogP contribution in [0.2, 0.25) is 0 Å². The molecule has 0 aliphatic carbocycles. The number of nitrogens with two attached hydrogens (primary N) is 1. The Bertz CT molecular complexity index is 740. The molecule has 0 aliphatic rings. The third-order valence-electron chi connectivity index (χ3n) is 2.98. The number of hydrogen-bond donors (Lipinski definition) is 1. The van der Waals surface area contributed by atoms with Crippen molar-refractivity contribution in [3.05, 3.63) is 66.9 Å². The van der Waals surface area contributed by atoms with Crippen molar-refractivity contribution in [3.63, 3.8) is 0 Å². The van der Waals surface area contributed by atoms with E-state index in [4.69, 9.17) is 5.73 Å². The van der Waals surface area contributed by atoms with E-state index in [1.54, 1.807) is 6.20 Å². The van der Waals surface area contributed by atoms with Crippen molar-refractivity contribution in [1.29, 1.82) is 0 Å². The van der Waals surface area contributed by atoms with Crippen LogP contribution >= 0.6 is 11.3 Å². The van der Waals surface area contributed by atoms with Gasteiger partial charge in [0.1, 0.15) is 0 Å². The van der Waals surface area contributed by atoms with Crippen molar-refractivity contribution in [3.8, 4) is 10.4 Å². The van der Waals surface area contributed by atoms with Gasteiger partial charge in [-0.05, 0) is 17.7 Å². The van der Waals surface area contributed by atoms with Crippen molar-refractivity contribution in [2.45, 2.75) is 0 Å². The van der Waals surface area contributed by atoms with Gasteiger partial charge < -0.3 is 5.73 Å². The van der Waals surface area contributed by atoms with Crippen LogP contribution in [0.25, 0.3) is 10.4 Å². The fourth-order valence-electron chi connectivity index (χ4n) is 2.01. The lowest BCUT2D eigenvalue weighted by atomic mass is 10.2. The number of hydrogen-bond acceptors (Lipinski definition) is 3. The second kappa shape index (κ2) is 5.76. The van der Waals surface area contributed by atoms with E-state index in [-0.39, 0.29) is 0 Å². The number of urea groups is 1. The molecule has 0 atom stereocenters. The van der Waals surface area contributed by atoms with Crippen LogP contribution in [0.15, 0.2) is 66.9 Å². The molecule has 0 fully saturated rings. The molecular weight excluding hydrogens is 282 g/mol. The van der Waals surface area contributed by atoms with Gasteiger partial charge in [-0.15, -0.1) is 0 Å². The third kappa shape index (κ3) is 2.78. The topological polar surface area (TPSA) is 59.2 Å². The predicted molar refractivity (Wildman–Crippen MR) is 85.7 cm³/mol. The lowest BCUT2D eigenvalue weighted by Crippen LogP contribution is -2.31. The van der Waals surface area contributed by atoms with E-state index >= 15 is 0 Å². The molecule has 4 nitrogen and oxygen atoms in total. The molecule has 0 radical (unpaired) electrons. The van der Waals surface area contributed by atoms with Gasteiger partial charge >= 0.3 is 6.03 Å². The van der Waals surface area contributed by atoms with Crippen molar-refractivity contribution in [1.82, 2.24) is 4.98 Å². The first-order valence-electron chi connectivity index (χ1n) is 6.41. The summed E-state index contributed by atoms with van der Waals surface area (Å²) in [6.07, 6.45) is 1.76. The highest BCUT2D eigenvalue weighted by Gasteiger charge is 2.18. The highest BCUT2D eigenvalue weighted by Crippen LogP contribution is 2.34. The summed E-state index contributed by atoms with van der Waals surface area (Å²) >= 11 is 1.43. The zero-order valence-corrected chi connectivity index (χ0v) is 12.0. The van der Waals surface area contributed by atoms with Gasteiger partial charge in [0.15, 0.2) is 5.13 Å². The second-order valence-electron chi connectivity index (χ2n) is 4.38. The van der Waals surface area contributed by atoms with Gasteiger partial charge in [0.2, 0.25) is 0 Å². The van der Waals surface area contributed by atoms with E-state index in [0.717, 1.165) is 10.4 Å². The summed E-state index contributed by atoms with van der Waals surface area (Å²) in [7, 11) is 0. The fourth-order valence-corrected chi connectivity index (χ4v) is 2.96. The summed E-state index contributed by atoms with van der Waals surface area (Å²) in [6, 6.07) is 18.6. The minimum absolute atomic E-state index is 0.546. The second-order valence-corrected chi connectivity index (χ2v) is 5.39. The normalized spacial score (nSPS) is 10.3. The number of para-hydroxylation sites is 1. The largest absolute Gasteiger partial charge is 0.351 e. The van der Waals surface area contributed by atoms with Crippen LogP contribution in [0.4, 0.5) is 15.6 Å². The number of carbonyl (C=O) groups is 1. The fraction of sp³-hybridized carbons (Fsp3) is 0. The quantitative estimate of drug-likeness (QED) is 0.793. The van der Waals surface area contributed by atoms with Crippen molar-refractivity contribution < 1.29 is 4.79 Å². The van der Waals surface area contributed by atoms with Gasteiger partial charge in [-0.1, -0.05) is 59.9 Å². The van der Waals surface area contributed by atoms with Crippen molar-refractivity contribution in [2.75, 3.05) is 4.90 Å². The van der Waals surface area contributed by atoms with Crippen LogP contribution in [0, 0.1) is 0 Å². The number of thiazole rings is 1. The van der Waals surface area contributed by atoms with Crippen LogP contribution in [0.1, 0.15) is 0 Å². The Balaban J connectivity index is 1.99. The maximum absolute atomic E-state index is 11.8. The highest BCUT2D eigenvalue weighted by molar-refractivity contribution is 7.19. The van der Waals surface area contributed by atoms with Crippen LogP contribution in [0.3, 0.4) is 0 Å². The first-order valence-corrected chi connectivity index (χ1v) is 7.23. The summed E-state index contributed by atoms with van der Waals surface area (Å²) in [6.45, 7) is 0. The maximum atomic E-state index is 11.8. The zero-order valence-electron chi connectivity index (χ0n) is 11.1. The molecule has 0 aliphatic heterocycles. The molecule has 2 amide bonds. The van der Waals surface area contributed by atoms with Gasteiger partial charge in [0, 0.05) is 6.20 Å². The minimum atomic E-state index is -0.546. The number of amides is 2. The van der Waals surface area contributed by atoms with Crippen LogP contribution < -0.4 is 10.6 Å². The van der Waals surface area contributed by atoms with Gasteiger partial charge in [-0.2, -0.15) is 0 Å². The lowest BCUT2D eigenvalue weighted by molar-refractivity contribution is 0.256. The van der Waals surface area contributed by atoms with Crippen LogP contribution in [0.5, 0.6) is 0 Å². The van der Waals surface area contributed by atoms with Crippen molar-refractivity contribution >= 4 is 28.2 Å². The molecule has 1 aromatic heterocycles. The lowest BCUT2D eigenvalue weighted by Gasteiger charge is -2.16. The summed E-state index contributed by atoms with van der Waals surface area (Å²) < 4.78 is 0. The molecule has 2 aromatic carbocycles. The average Bonchev–Trinajstić information content (AvgIpc) is 2.98. The Kier molecular flexibility index (Phi) is 3.66. The number of primary amides is 1. The molecule has 1 heterocycles. The van der Waals surface area contributed by atoms with E-state index in [1.165, 1.54) is 16.2 Å². The summed E-state index contributed by atoms with van der Waals surface area (Å²) in [5.74, 6) is 0. The summed E-state index contributed by atoms with van der Waals surface area (Å²) in [5, 5.41) is 0.563. The van der Waals surface area contributed by atoms with E-state index in [9.17, 15) is 4.79 Å². The molecule has 21 heavy (non-hydrogen) atoms. The number of nitrogens with zero attached hydrogens (tertiary/aromatic N) is 2. The predicted octanol–water partition coefficient (Wildman–Crippen LogP) is 4.03. The maximum Gasteiger partial charge on any atom is 0.325 e. The number of rotatable bonds is 3. The number of aromatic nitrogens is 1. The SMILES string of the molecule is NC(=O)N(c1ccccc1)c1ncc(-c2ccccc2)s1. The molecular formula is C16H13N3OS. The Morgan fingerprint density at radius 2 is 1.62 bits per heavy atom. The Morgan fingerprint density at radius 1 is 1.00 bits per heavy atom. The number of carbonyl (C=O) groups excluding carboxylic acids is 1. The molecule has 104 valence electrons. The van der Waals surface area contributed by atoms with E-state index in [2.05, 4.69) is 4.98 Å². The minimum Gasteiger partial charge on any atom is -0.351 e. The average molecular weight is 295 g/mol. The highest BCUT2D eigenvalue weighted by atomic mass is 32.1. The Labute approximate surface area is 126 Å². The van der Waals surface area contributed by atoms with Gasteiger partial charge in [0.25, 0.3) is 0 Å². The first-order chi connectivity index (χ1) is 10.3. The van der Waals surface area contributed by atoms with E-state index in [0.29, 0.717) is 10.8 Å². The molecule has 0 saturated heterocycles.